The SMILES string of the molecule is CCC(Cc1ccccc1)Nc1ccc2oc(C)nc2c1. The predicted octanol–water partition coefficient (Wildman–Crippen LogP) is 4.57. The Bertz CT molecular complexity index is 718. The fraction of sp³-hybridized carbons (Fsp3) is 0.278. The van der Waals surface area contributed by atoms with Crippen LogP contribution in [0.15, 0.2) is 52.9 Å². The van der Waals surface area contributed by atoms with Crippen LogP contribution in [-0.2, 0) is 6.42 Å². The van der Waals surface area contributed by atoms with Crippen LogP contribution < -0.4 is 5.32 Å². The van der Waals surface area contributed by atoms with E-state index in [-0.39, 0.29) is 0 Å². The number of fused-ring (bicyclic) bond motifs is 1. The number of oxazole rings is 1. The van der Waals surface area contributed by atoms with Gasteiger partial charge in [-0.15, -0.1) is 0 Å². The normalized spacial score (nSPS) is 12.5. The van der Waals surface area contributed by atoms with Gasteiger partial charge < -0.3 is 9.73 Å². The van der Waals surface area contributed by atoms with Gasteiger partial charge in [-0.3, -0.25) is 0 Å². The van der Waals surface area contributed by atoms with E-state index in [4.69, 9.17) is 4.42 Å². The van der Waals surface area contributed by atoms with Crippen molar-refractivity contribution < 1.29 is 4.42 Å². The van der Waals surface area contributed by atoms with Gasteiger partial charge in [0.1, 0.15) is 5.52 Å². The number of nitrogens with one attached hydrogen (secondary N) is 1. The molecule has 0 aliphatic heterocycles. The molecular weight excluding hydrogens is 260 g/mol. The van der Waals surface area contributed by atoms with Crippen molar-refractivity contribution in [3.05, 3.63) is 60.0 Å². The lowest BCUT2D eigenvalue weighted by molar-refractivity contribution is 0.561. The molecule has 1 atom stereocenters. The van der Waals surface area contributed by atoms with E-state index in [0.29, 0.717) is 11.9 Å². The number of hydrogen-bond acceptors (Lipinski definition) is 3. The molecule has 21 heavy (non-hydrogen) atoms. The molecule has 1 N–H and O–H groups in total. The maximum absolute atomic E-state index is 5.51. The summed E-state index contributed by atoms with van der Waals surface area (Å²) in [7, 11) is 0. The highest BCUT2D eigenvalue weighted by Gasteiger charge is 2.09. The lowest BCUT2D eigenvalue weighted by atomic mass is 10.0. The van der Waals surface area contributed by atoms with Crippen LogP contribution in [0.1, 0.15) is 24.8 Å². The van der Waals surface area contributed by atoms with Crippen molar-refractivity contribution in [3.8, 4) is 0 Å². The number of nitrogens with zero attached hydrogens (tertiary/aromatic N) is 1. The van der Waals surface area contributed by atoms with Crippen molar-refractivity contribution in [1.82, 2.24) is 4.98 Å². The Morgan fingerprint density at radius 3 is 2.71 bits per heavy atom. The summed E-state index contributed by atoms with van der Waals surface area (Å²) < 4.78 is 5.51. The van der Waals surface area contributed by atoms with Gasteiger partial charge in [-0.2, -0.15) is 0 Å². The van der Waals surface area contributed by atoms with Crippen molar-refractivity contribution in [1.29, 1.82) is 0 Å². The van der Waals surface area contributed by atoms with Gasteiger partial charge in [-0.05, 0) is 36.6 Å². The van der Waals surface area contributed by atoms with E-state index in [2.05, 4.69) is 59.7 Å². The zero-order chi connectivity index (χ0) is 14.7. The van der Waals surface area contributed by atoms with Gasteiger partial charge >= 0.3 is 0 Å². The molecule has 0 radical (unpaired) electrons. The van der Waals surface area contributed by atoms with Crippen molar-refractivity contribution in [3.63, 3.8) is 0 Å². The highest BCUT2D eigenvalue weighted by atomic mass is 16.3. The first-order valence-corrected chi connectivity index (χ1v) is 7.42. The summed E-state index contributed by atoms with van der Waals surface area (Å²) in [6, 6.07) is 17.1. The van der Waals surface area contributed by atoms with Gasteiger partial charge in [0.25, 0.3) is 0 Å². The molecule has 0 fully saturated rings. The number of hydrogen-bond donors (Lipinski definition) is 1. The van der Waals surface area contributed by atoms with Gasteiger partial charge in [-0.1, -0.05) is 37.3 Å². The van der Waals surface area contributed by atoms with Crippen LogP contribution in [0.3, 0.4) is 0 Å². The average Bonchev–Trinajstić information content (AvgIpc) is 2.87. The van der Waals surface area contributed by atoms with Crippen molar-refractivity contribution in [2.75, 3.05) is 5.32 Å². The minimum atomic E-state index is 0.415. The topological polar surface area (TPSA) is 38.1 Å². The van der Waals surface area contributed by atoms with E-state index in [0.717, 1.165) is 29.6 Å². The molecule has 3 nitrogen and oxygen atoms in total. The first-order valence-electron chi connectivity index (χ1n) is 7.42. The monoisotopic (exact) mass is 280 g/mol. The minimum Gasteiger partial charge on any atom is -0.441 e. The molecule has 2 aromatic carbocycles. The summed E-state index contributed by atoms with van der Waals surface area (Å²) in [6.45, 7) is 4.08. The second-order valence-corrected chi connectivity index (χ2v) is 5.35. The summed E-state index contributed by atoms with van der Waals surface area (Å²) in [5.41, 5.74) is 4.20. The second-order valence-electron chi connectivity index (χ2n) is 5.35. The molecule has 0 aliphatic rings. The van der Waals surface area contributed by atoms with E-state index in [1.165, 1.54) is 5.56 Å². The molecule has 0 bridgehead atoms. The molecule has 3 rings (SSSR count). The highest BCUT2D eigenvalue weighted by molar-refractivity contribution is 5.77. The first kappa shape index (κ1) is 13.7. The van der Waals surface area contributed by atoms with E-state index in [1.807, 2.05) is 13.0 Å². The Hall–Kier alpha value is -2.29. The smallest absolute Gasteiger partial charge is 0.192 e. The van der Waals surface area contributed by atoms with Crippen molar-refractivity contribution >= 4 is 16.8 Å². The molecule has 3 heteroatoms. The average molecular weight is 280 g/mol. The fourth-order valence-electron chi connectivity index (χ4n) is 2.56. The number of anilines is 1. The van der Waals surface area contributed by atoms with Crippen molar-refractivity contribution in [2.45, 2.75) is 32.7 Å². The molecule has 0 saturated carbocycles. The number of benzene rings is 2. The van der Waals surface area contributed by atoms with Crippen LogP contribution in [0.5, 0.6) is 0 Å². The molecule has 0 amide bonds. The first-order chi connectivity index (χ1) is 10.2. The lowest BCUT2D eigenvalue weighted by Gasteiger charge is -2.18. The van der Waals surface area contributed by atoms with Gasteiger partial charge in [0.2, 0.25) is 0 Å². The van der Waals surface area contributed by atoms with Crippen LogP contribution in [0.2, 0.25) is 0 Å². The number of aryl methyl sites for hydroxylation is 1. The molecule has 3 aromatic rings. The summed E-state index contributed by atoms with van der Waals surface area (Å²) in [5, 5.41) is 3.60. The van der Waals surface area contributed by atoms with Gasteiger partial charge in [0, 0.05) is 18.7 Å². The van der Waals surface area contributed by atoms with E-state index < -0.39 is 0 Å². The molecule has 108 valence electrons. The number of aromatic nitrogens is 1. The van der Waals surface area contributed by atoms with Gasteiger partial charge in [-0.25, -0.2) is 4.98 Å². The Morgan fingerprint density at radius 2 is 1.95 bits per heavy atom. The van der Waals surface area contributed by atoms with Crippen LogP contribution >= 0.6 is 0 Å². The van der Waals surface area contributed by atoms with Crippen molar-refractivity contribution in [2.24, 2.45) is 0 Å². The third-order valence-electron chi connectivity index (χ3n) is 3.68. The molecule has 0 spiro atoms. The quantitative estimate of drug-likeness (QED) is 0.744. The summed E-state index contributed by atoms with van der Waals surface area (Å²) >= 11 is 0. The predicted molar refractivity (Wildman–Crippen MR) is 86.6 cm³/mol. The zero-order valence-electron chi connectivity index (χ0n) is 12.5. The zero-order valence-corrected chi connectivity index (χ0v) is 12.5. The Morgan fingerprint density at radius 1 is 1.14 bits per heavy atom. The van der Waals surface area contributed by atoms with E-state index in [1.54, 1.807) is 0 Å². The minimum absolute atomic E-state index is 0.415. The Kier molecular flexibility index (Phi) is 3.91. The third kappa shape index (κ3) is 3.24. The summed E-state index contributed by atoms with van der Waals surface area (Å²) in [6.07, 6.45) is 2.10. The molecule has 1 aromatic heterocycles. The molecular formula is C18H20N2O. The molecule has 1 heterocycles. The standard InChI is InChI=1S/C18H20N2O/c1-3-15(11-14-7-5-4-6-8-14)20-16-9-10-18-17(12-16)19-13(2)21-18/h4-10,12,15,20H,3,11H2,1-2H3. The Labute approximate surface area is 125 Å². The summed E-state index contributed by atoms with van der Waals surface area (Å²) in [5.74, 6) is 0.707. The van der Waals surface area contributed by atoms with Crippen LogP contribution in [-0.4, -0.2) is 11.0 Å². The van der Waals surface area contributed by atoms with Gasteiger partial charge in [0.15, 0.2) is 11.5 Å². The van der Waals surface area contributed by atoms with E-state index >= 15 is 0 Å². The molecule has 0 aliphatic carbocycles. The fourth-order valence-corrected chi connectivity index (χ4v) is 2.56. The second kappa shape index (κ2) is 6.00. The summed E-state index contributed by atoms with van der Waals surface area (Å²) in [4.78, 5) is 4.38. The largest absolute Gasteiger partial charge is 0.441 e. The molecule has 0 saturated heterocycles. The van der Waals surface area contributed by atoms with Crippen LogP contribution in [0, 0.1) is 6.92 Å². The third-order valence-corrected chi connectivity index (χ3v) is 3.68. The van der Waals surface area contributed by atoms with E-state index in [9.17, 15) is 0 Å². The van der Waals surface area contributed by atoms with Gasteiger partial charge in [0.05, 0.1) is 0 Å². The highest BCUT2D eigenvalue weighted by Crippen LogP contribution is 2.21. The number of rotatable bonds is 5. The van der Waals surface area contributed by atoms with Crippen LogP contribution in [0.4, 0.5) is 5.69 Å². The maximum Gasteiger partial charge on any atom is 0.192 e. The Balaban J connectivity index is 1.75. The lowest BCUT2D eigenvalue weighted by Crippen LogP contribution is -2.21. The van der Waals surface area contributed by atoms with Crippen LogP contribution in [0.25, 0.3) is 11.1 Å². The maximum atomic E-state index is 5.51. The molecule has 1 unspecified atom stereocenters.